The number of aromatic nitrogens is 1. The molecule has 1 aromatic rings. The largest absolute Gasteiger partial charge is 0.481 e. The fourth-order valence-electron chi connectivity index (χ4n) is 2.45. The predicted octanol–water partition coefficient (Wildman–Crippen LogP) is 2.34. The van der Waals surface area contributed by atoms with Crippen LogP contribution in [-0.4, -0.2) is 22.0 Å². The van der Waals surface area contributed by atoms with E-state index in [2.05, 4.69) is 10.3 Å². The van der Waals surface area contributed by atoms with E-state index in [4.69, 9.17) is 16.7 Å². The summed E-state index contributed by atoms with van der Waals surface area (Å²) in [6.07, 6.45) is 1.47. The van der Waals surface area contributed by atoms with Gasteiger partial charge in [0.2, 0.25) is 5.91 Å². The van der Waals surface area contributed by atoms with Crippen molar-refractivity contribution in [3.05, 3.63) is 23.0 Å². The van der Waals surface area contributed by atoms with E-state index in [1.807, 2.05) is 0 Å². The van der Waals surface area contributed by atoms with Crippen molar-refractivity contribution in [1.29, 1.82) is 0 Å². The summed E-state index contributed by atoms with van der Waals surface area (Å²) in [6, 6.07) is 1.64. The number of aliphatic carboxylic acids is 1. The SMILES string of the molecule is Cc1cc(Cl)ncc1NC(=O)C1C(C(=O)O)C1(C)C. The zero-order valence-corrected chi connectivity index (χ0v) is 11.7. The third-order valence-corrected chi connectivity index (χ3v) is 3.92. The Morgan fingerprint density at radius 1 is 1.42 bits per heavy atom. The Bertz CT molecular complexity index is 557. The maximum Gasteiger partial charge on any atom is 0.307 e. The molecule has 1 saturated carbocycles. The number of hydrogen-bond donors (Lipinski definition) is 2. The lowest BCUT2D eigenvalue weighted by molar-refractivity contribution is -0.140. The quantitative estimate of drug-likeness (QED) is 0.834. The zero-order chi connectivity index (χ0) is 14.4. The van der Waals surface area contributed by atoms with E-state index in [9.17, 15) is 9.59 Å². The summed E-state index contributed by atoms with van der Waals surface area (Å²) in [5.74, 6) is -2.37. The Hall–Kier alpha value is -1.62. The van der Waals surface area contributed by atoms with Gasteiger partial charge in [0.1, 0.15) is 5.15 Å². The van der Waals surface area contributed by atoms with Gasteiger partial charge >= 0.3 is 5.97 Å². The first-order valence-corrected chi connectivity index (χ1v) is 6.28. The minimum absolute atomic E-state index is 0.287. The number of hydrogen-bond acceptors (Lipinski definition) is 3. The lowest BCUT2D eigenvalue weighted by Gasteiger charge is -2.08. The summed E-state index contributed by atoms with van der Waals surface area (Å²) in [7, 11) is 0. The molecule has 1 aliphatic rings. The number of carboxylic acid groups (broad SMARTS) is 1. The van der Waals surface area contributed by atoms with Gasteiger partial charge in [-0.15, -0.1) is 0 Å². The van der Waals surface area contributed by atoms with Gasteiger partial charge in [0.25, 0.3) is 0 Å². The smallest absolute Gasteiger partial charge is 0.307 e. The fourth-order valence-corrected chi connectivity index (χ4v) is 2.66. The molecular weight excluding hydrogens is 268 g/mol. The van der Waals surface area contributed by atoms with Crippen molar-refractivity contribution in [2.75, 3.05) is 5.32 Å². The lowest BCUT2D eigenvalue weighted by Crippen LogP contribution is -2.18. The molecule has 2 atom stereocenters. The van der Waals surface area contributed by atoms with E-state index in [0.717, 1.165) is 5.56 Å². The van der Waals surface area contributed by atoms with Crippen LogP contribution in [0, 0.1) is 24.2 Å². The third kappa shape index (κ3) is 2.42. The van der Waals surface area contributed by atoms with Crippen LogP contribution in [0.2, 0.25) is 5.15 Å². The second kappa shape index (κ2) is 4.49. The molecule has 19 heavy (non-hydrogen) atoms. The topological polar surface area (TPSA) is 79.3 Å². The van der Waals surface area contributed by atoms with Crippen LogP contribution in [-0.2, 0) is 9.59 Å². The van der Waals surface area contributed by atoms with Gasteiger partial charge < -0.3 is 10.4 Å². The number of pyridine rings is 1. The maximum atomic E-state index is 12.1. The van der Waals surface area contributed by atoms with Gasteiger partial charge in [0.15, 0.2) is 0 Å². The number of carbonyl (C=O) groups is 2. The van der Waals surface area contributed by atoms with Gasteiger partial charge in [0, 0.05) is 0 Å². The Morgan fingerprint density at radius 2 is 2.05 bits per heavy atom. The predicted molar refractivity (Wildman–Crippen MR) is 71.0 cm³/mol. The molecule has 0 aromatic carbocycles. The molecule has 1 heterocycles. The number of carboxylic acids is 1. The number of aryl methyl sites for hydroxylation is 1. The van der Waals surface area contributed by atoms with Crippen LogP contribution in [0.3, 0.4) is 0 Å². The van der Waals surface area contributed by atoms with Gasteiger partial charge in [-0.1, -0.05) is 25.4 Å². The lowest BCUT2D eigenvalue weighted by atomic mass is 10.1. The van der Waals surface area contributed by atoms with Crippen LogP contribution in [0.15, 0.2) is 12.3 Å². The highest BCUT2D eigenvalue weighted by Gasteiger charge is 2.65. The van der Waals surface area contributed by atoms with Crippen LogP contribution < -0.4 is 5.32 Å². The summed E-state index contributed by atoms with van der Waals surface area (Å²) in [5, 5.41) is 12.1. The molecule has 1 aromatic heterocycles. The number of nitrogens with one attached hydrogen (secondary N) is 1. The highest BCUT2D eigenvalue weighted by atomic mass is 35.5. The molecule has 0 aliphatic heterocycles. The monoisotopic (exact) mass is 282 g/mol. The van der Waals surface area contributed by atoms with E-state index < -0.39 is 23.2 Å². The zero-order valence-electron chi connectivity index (χ0n) is 10.9. The van der Waals surface area contributed by atoms with Gasteiger partial charge in [-0.05, 0) is 24.0 Å². The van der Waals surface area contributed by atoms with Gasteiger partial charge in [-0.3, -0.25) is 9.59 Å². The van der Waals surface area contributed by atoms with E-state index in [0.29, 0.717) is 10.8 Å². The molecule has 5 nitrogen and oxygen atoms in total. The van der Waals surface area contributed by atoms with Crippen molar-refractivity contribution < 1.29 is 14.7 Å². The first kappa shape index (κ1) is 13.8. The summed E-state index contributed by atoms with van der Waals surface area (Å²) < 4.78 is 0. The standard InChI is InChI=1S/C13H15ClN2O3/c1-6-4-8(14)15-5-7(6)16-11(17)9-10(12(18)19)13(9,2)3/h4-5,9-10H,1-3H3,(H,16,17)(H,18,19). The summed E-state index contributed by atoms with van der Waals surface area (Å²) in [6.45, 7) is 5.36. The molecule has 1 fully saturated rings. The molecule has 6 heteroatoms. The number of halogens is 1. The Balaban J connectivity index is 2.13. The third-order valence-electron chi connectivity index (χ3n) is 3.71. The molecule has 1 amide bonds. The molecule has 1 aliphatic carbocycles. The molecule has 2 unspecified atom stereocenters. The van der Waals surface area contributed by atoms with E-state index in [1.54, 1.807) is 26.8 Å². The second-order valence-corrected chi connectivity index (χ2v) is 5.81. The maximum absolute atomic E-state index is 12.1. The minimum Gasteiger partial charge on any atom is -0.481 e. The molecule has 0 bridgehead atoms. The first-order valence-electron chi connectivity index (χ1n) is 5.91. The molecule has 0 saturated heterocycles. The number of carbonyl (C=O) groups excluding carboxylic acids is 1. The second-order valence-electron chi connectivity index (χ2n) is 5.43. The average Bonchev–Trinajstić information content (AvgIpc) is 2.86. The first-order chi connectivity index (χ1) is 8.75. The molecule has 2 N–H and O–H groups in total. The minimum atomic E-state index is -0.934. The fraction of sp³-hybridized carbons (Fsp3) is 0.462. The number of rotatable bonds is 3. The van der Waals surface area contributed by atoms with Crippen molar-refractivity contribution in [3.63, 3.8) is 0 Å². The summed E-state index contributed by atoms with van der Waals surface area (Å²) in [5.41, 5.74) is 0.837. The van der Waals surface area contributed by atoms with Crippen LogP contribution in [0.25, 0.3) is 0 Å². The average molecular weight is 283 g/mol. The molecule has 0 spiro atoms. The van der Waals surface area contributed by atoms with Gasteiger partial charge in [-0.2, -0.15) is 0 Å². The van der Waals surface area contributed by atoms with Crippen molar-refractivity contribution in [3.8, 4) is 0 Å². The van der Waals surface area contributed by atoms with Crippen LogP contribution >= 0.6 is 11.6 Å². The van der Waals surface area contributed by atoms with Gasteiger partial charge in [0.05, 0.1) is 23.7 Å². The normalized spacial score (nSPS) is 23.8. The molecule has 0 radical (unpaired) electrons. The highest BCUT2D eigenvalue weighted by Crippen LogP contribution is 2.58. The van der Waals surface area contributed by atoms with Crippen molar-refractivity contribution in [1.82, 2.24) is 4.98 Å². The number of anilines is 1. The molecule has 102 valence electrons. The Labute approximate surface area is 116 Å². The Morgan fingerprint density at radius 3 is 2.53 bits per heavy atom. The van der Waals surface area contributed by atoms with Crippen LogP contribution in [0.5, 0.6) is 0 Å². The Kier molecular flexibility index (Phi) is 3.26. The highest BCUT2D eigenvalue weighted by molar-refractivity contribution is 6.29. The van der Waals surface area contributed by atoms with E-state index >= 15 is 0 Å². The molecular formula is C13H15ClN2O3. The van der Waals surface area contributed by atoms with Crippen molar-refractivity contribution in [2.45, 2.75) is 20.8 Å². The number of nitrogens with zero attached hydrogens (tertiary/aromatic N) is 1. The van der Waals surface area contributed by atoms with E-state index in [1.165, 1.54) is 6.20 Å². The van der Waals surface area contributed by atoms with E-state index in [-0.39, 0.29) is 5.91 Å². The van der Waals surface area contributed by atoms with Gasteiger partial charge in [-0.25, -0.2) is 4.98 Å². The van der Waals surface area contributed by atoms with Crippen LogP contribution in [0.1, 0.15) is 19.4 Å². The van der Waals surface area contributed by atoms with Crippen LogP contribution in [0.4, 0.5) is 5.69 Å². The number of amides is 1. The summed E-state index contributed by atoms with van der Waals surface area (Å²) in [4.78, 5) is 27.1. The summed E-state index contributed by atoms with van der Waals surface area (Å²) >= 11 is 5.74. The molecule has 2 rings (SSSR count). The van der Waals surface area contributed by atoms with Crippen molar-refractivity contribution in [2.24, 2.45) is 17.3 Å². The van der Waals surface area contributed by atoms with Crippen molar-refractivity contribution >= 4 is 29.2 Å².